The fraction of sp³-hybridized carbons (Fsp3) is 0.118. The van der Waals surface area contributed by atoms with Gasteiger partial charge in [0.1, 0.15) is 28.3 Å². The summed E-state index contributed by atoms with van der Waals surface area (Å²) in [5, 5.41) is 9.67. The van der Waals surface area contributed by atoms with E-state index in [0.29, 0.717) is 5.82 Å². The maximum Gasteiger partial charge on any atom is 0.267 e. The van der Waals surface area contributed by atoms with Gasteiger partial charge in [0.05, 0.1) is 28.2 Å². The maximum absolute atomic E-state index is 13.9. The quantitative estimate of drug-likeness (QED) is 0.370. The van der Waals surface area contributed by atoms with Crippen molar-refractivity contribution in [1.82, 2.24) is 29.7 Å². The van der Waals surface area contributed by atoms with Gasteiger partial charge in [0.15, 0.2) is 5.82 Å². The average molecular weight is 450 g/mol. The summed E-state index contributed by atoms with van der Waals surface area (Å²) in [6, 6.07) is 3.09. The van der Waals surface area contributed by atoms with Crippen LogP contribution < -0.4 is 22.3 Å². The minimum absolute atomic E-state index is 0.000804. The van der Waals surface area contributed by atoms with Gasteiger partial charge in [-0.1, -0.05) is 23.2 Å². The Morgan fingerprint density at radius 3 is 2.70 bits per heavy atom. The molecule has 0 radical (unpaired) electrons. The minimum atomic E-state index is -0.653. The summed E-state index contributed by atoms with van der Waals surface area (Å²) >= 11 is 12.3. The van der Waals surface area contributed by atoms with Gasteiger partial charge in [-0.15, -0.1) is 0 Å². The summed E-state index contributed by atoms with van der Waals surface area (Å²) < 4.78 is 15.1. The number of nitrogens with one attached hydrogen (secondary N) is 2. The number of nitrogens with two attached hydrogens (primary N) is 2. The molecule has 0 aliphatic rings. The zero-order chi connectivity index (χ0) is 21.6. The van der Waals surface area contributed by atoms with Gasteiger partial charge in [-0.25, -0.2) is 13.9 Å². The topological polar surface area (TPSA) is 153 Å². The molecule has 0 fully saturated rings. The van der Waals surface area contributed by atoms with Gasteiger partial charge in [0.25, 0.3) is 5.56 Å². The first-order valence-electron chi connectivity index (χ1n) is 8.52. The van der Waals surface area contributed by atoms with Crippen molar-refractivity contribution in [3.63, 3.8) is 0 Å². The van der Waals surface area contributed by atoms with Crippen LogP contribution in [-0.4, -0.2) is 29.7 Å². The van der Waals surface area contributed by atoms with Crippen molar-refractivity contribution in [1.29, 1.82) is 0 Å². The largest absolute Gasteiger partial charge is 0.382 e. The van der Waals surface area contributed by atoms with E-state index in [1.54, 1.807) is 13.0 Å². The van der Waals surface area contributed by atoms with Crippen LogP contribution in [-0.2, 0) is 0 Å². The Hall–Kier alpha value is -3.44. The molecule has 1 unspecified atom stereocenters. The first kappa shape index (κ1) is 19.9. The van der Waals surface area contributed by atoms with Crippen molar-refractivity contribution < 1.29 is 4.39 Å². The number of fused-ring (bicyclic) bond motifs is 1. The number of benzene rings is 1. The second-order valence-electron chi connectivity index (χ2n) is 6.33. The van der Waals surface area contributed by atoms with E-state index >= 15 is 0 Å². The zero-order valence-corrected chi connectivity index (χ0v) is 16.8. The van der Waals surface area contributed by atoms with E-state index in [0.717, 1.165) is 12.1 Å². The molecule has 13 heteroatoms. The summed E-state index contributed by atoms with van der Waals surface area (Å²) in [5.74, 6) is -0.0224. The fourth-order valence-corrected chi connectivity index (χ4v) is 3.36. The third-order valence-electron chi connectivity index (χ3n) is 4.28. The van der Waals surface area contributed by atoms with Crippen LogP contribution in [0.15, 0.2) is 29.2 Å². The normalized spacial score (nSPS) is 12.3. The summed E-state index contributed by atoms with van der Waals surface area (Å²) in [7, 11) is 0. The number of aromatic amines is 1. The van der Waals surface area contributed by atoms with E-state index in [2.05, 4.69) is 30.5 Å². The molecule has 0 saturated heterocycles. The zero-order valence-electron chi connectivity index (χ0n) is 15.3. The van der Waals surface area contributed by atoms with Crippen molar-refractivity contribution in [3.05, 3.63) is 56.4 Å². The average Bonchev–Trinajstić information content (AvgIpc) is 3.20. The van der Waals surface area contributed by atoms with E-state index in [9.17, 15) is 9.18 Å². The Kier molecular flexibility index (Phi) is 4.92. The number of hydrogen-bond acceptors (Lipinski definition) is 8. The Morgan fingerprint density at radius 2 is 2.00 bits per heavy atom. The molecule has 1 aromatic carbocycles. The number of H-pyrrole nitrogens is 1. The third kappa shape index (κ3) is 3.37. The standard InChI is InChI=1S/C17H14Cl2FN9O/c1-6(24-14-11(19)13(21)26-17(22)27-14)15-25-12-8(4-7(20)5-9(12)18)16(30)29(15)10-2-3-23-28-10/h2-6H,1H3,(H,23,28)(H5,21,22,24,26,27). The van der Waals surface area contributed by atoms with Crippen LogP contribution >= 0.6 is 23.2 Å². The molecule has 6 N–H and O–H groups in total. The van der Waals surface area contributed by atoms with Gasteiger partial charge in [-0.05, 0) is 19.1 Å². The van der Waals surface area contributed by atoms with Gasteiger partial charge in [0.2, 0.25) is 5.95 Å². The Balaban J connectivity index is 1.93. The molecule has 10 nitrogen and oxygen atoms in total. The molecule has 0 bridgehead atoms. The van der Waals surface area contributed by atoms with E-state index in [1.807, 2.05) is 0 Å². The molecule has 154 valence electrons. The second-order valence-corrected chi connectivity index (χ2v) is 7.12. The Morgan fingerprint density at radius 1 is 1.23 bits per heavy atom. The maximum atomic E-state index is 13.9. The van der Waals surface area contributed by atoms with Gasteiger partial charge in [0, 0.05) is 6.07 Å². The molecule has 0 aliphatic carbocycles. The SMILES string of the molecule is CC(Nc1nc(N)nc(N)c1Cl)c1nc2c(Cl)cc(F)cc2c(=O)n1-c1ccn[nH]1. The smallest absolute Gasteiger partial charge is 0.267 e. The molecule has 4 rings (SSSR count). The van der Waals surface area contributed by atoms with Crippen molar-refractivity contribution >= 4 is 51.7 Å². The van der Waals surface area contributed by atoms with Gasteiger partial charge in [-0.2, -0.15) is 15.1 Å². The molecule has 0 saturated carbocycles. The lowest BCUT2D eigenvalue weighted by molar-refractivity contribution is 0.629. The number of nitrogens with zero attached hydrogens (tertiary/aromatic N) is 5. The van der Waals surface area contributed by atoms with E-state index in [4.69, 9.17) is 34.7 Å². The number of halogens is 3. The highest BCUT2D eigenvalue weighted by Gasteiger charge is 2.22. The van der Waals surface area contributed by atoms with Crippen LogP contribution in [0.25, 0.3) is 16.7 Å². The van der Waals surface area contributed by atoms with Crippen molar-refractivity contribution in [3.8, 4) is 5.82 Å². The van der Waals surface area contributed by atoms with Crippen molar-refractivity contribution in [2.45, 2.75) is 13.0 Å². The van der Waals surface area contributed by atoms with Crippen LogP contribution in [0.3, 0.4) is 0 Å². The molecule has 0 amide bonds. The number of aromatic nitrogens is 6. The monoisotopic (exact) mass is 449 g/mol. The first-order chi connectivity index (χ1) is 14.3. The lowest BCUT2D eigenvalue weighted by Crippen LogP contribution is -2.28. The first-order valence-corrected chi connectivity index (χ1v) is 9.28. The van der Waals surface area contributed by atoms with E-state index < -0.39 is 17.4 Å². The summed E-state index contributed by atoms with van der Waals surface area (Å²) in [6.07, 6.45) is 1.47. The van der Waals surface area contributed by atoms with Gasteiger partial charge < -0.3 is 16.8 Å². The predicted octanol–water partition coefficient (Wildman–Crippen LogP) is 2.68. The highest BCUT2D eigenvalue weighted by atomic mass is 35.5. The highest BCUT2D eigenvalue weighted by Crippen LogP contribution is 2.30. The summed E-state index contributed by atoms with van der Waals surface area (Å²) in [5.41, 5.74) is 11.0. The molecule has 1 atom stereocenters. The van der Waals surface area contributed by atoms with Gasteiger partial charge >= 0.3 is 0 Å². The van der Waals surface area contributed by atoms with Crippen molar-refractivity contribution in [2.24, 2.45) is 0 Å². The third-order valence-corrected chi connectivity index (χ3v) is 4.94. The molecule has 0 aliphatic heterocycles. The van der Waals surface area contributed by atoms with E-state index in [1.165, 1.54) is 10.8 Å². The van der Waals surface area contributed by atoms with Crippen LogP contribution in [0.4, 0.5) is 22.0 Å². The lowest BCUT2D eigenvalue weighted by Gasteiger charge is -2.20. The van der Waals surface area contributed by atoms with Crippen LogP contribution in [0.2, 0.25) is 10.0 Å². The Labute approximate surface area is 178 Å². The van der Waals surface area contributed by atoms with E-state index in [-0.39, 0.29) is 44.4 Å². The number of nitrogen functional groups attached to an aromatic ring is 2. The summed E-state index contributed by atoms with van der Waals surface area (Å²) in [6.45, 7) is 1.71. The van der Waals surface area contributed by atoms with Crippen LogP contribution in [0, 0.1) is 5.82 Å². The van der Waals surface area contributed by atoms with Gasteiger partial charge in [-0.3, -0.25) is 9.89 Å². The fourth-order valence-electron chi connectivity index (χ4n) is 2.98. The van der Waals surface area contributed by atoms with Crippen LogP contribution in [0.5, 0.6) is 0 Å². The molecular weight excluding hydrogens is 436 g/mol. The van der Waals surface area contributed by atoms with Crippen LogP contribution in [0.1, 0.15) is 18.8 Å². The highest BCUT2D eigenvalue weighted by molar-refractivity contribution is 6.35. The summed E-state index contributed by atoms with van der Waals surface area (Å²) in [4.78, 5) is 25.5. The molecular formula is C17H14Cl2FN9O. The van der Waals surface area contributed by atoms with Crippen molar-refractivity contribution in [2.75, 3.05) is 16.8 Å². The molecule has 0 spiro atoms. The number of rotatable bonds is 4. The molecule has 4 aromatic rings. The number of hydrogen-bond donors (Lipinski definition) is 4. The lowest BCUT2D eigenvalue weighted by atomic mass is 10.2. The Bertz CT molecular complexity index is 1320. The molecule has 3 heterocycles. The number of anilines is 3. The molecule has 3 aromatic heterocycles. The minimum Gasteiger partial charge on any atom is -0.382 e. The molecule has 30 heavy (non-hydrogen) atoms. The predicted molar refractivity (Wildman–Crippen MR) is 112 cm³/mol. The second kappa shape index (κ2) is 7.43.